The molecule has 0 saturated carbocycles. The fraction of sp³-hybridized carbons (Fsp3) is 0.500. The van der Waals surface area contributed by atoms with Crippen molar-refractivity contribution >= 4 is 12.3 Å². The summed E-state index contributed by atoms with van der Waals surface area (Å²) in [6, 6.07) is 0. The van der Waals surface area contributed by atoms with Crippen molar-refractivity contribution < 1.29 is 9.63 Å². The second-order valence-corrected chi connectivity index (χ2v) is 1.53. The van der Waals surface area contributed by atoms with Crippen LogP contribution in [0.25, 0.3) is 0 Å². The van der Waals surface area contributed by atoms with E-state index < -0.39 is 6.09 Å². The first-order chi connectivity index (χ1) is 3.80. The summed E-state index contributed by atoms with van der Waals surface area (Å²) in [4.78, 5) is 16.1. The van der Waals surface area contributed by atoms with Crippen LogP contribution in [0.1, 0.15) is 0 Å². The molecule has 0 fully saturated rings. The fourth-order valence-corrected chi connectivity index (χ4v) is 0.382. The summed E-state index contributed by atoms with van der Waals surface area (Å²) < 4.78 is 0. The second kappa shape index (κ2) is 1.81. The third-order valence-electron chi connectivity index (χ3n) is 0.873. The van der Waals surface area contributed by atoms with E-state index in [0.29, 0.717) is 6.54 Å². The maximum Gasteiger partial charge on any atom is 0.436 e. The molecule has 0 N–H and O–H groups in total. The molecule has 0 aromatic heterocycles. The van der Waals surface area contributed by atoms with Crippen molar-refractivity contribution in [1.29, 1.82) is 0 Å². The van der Waals surface area contributed by atoms with Crippen molar-refractivity contribution in [2.24, 2.45) is 5.16 Å². The van der Waals surface area contributed by atoms with Crippen molar-refractivity contribution in [1.82, 2.24) is 4.90 Å². The van der Waals surface area contributed by atoms with Crippen molar-refractivity contribution in [3.05, 3.63) is 0 Å². The number of carbonyl (C=O) groups is 1. The predicted molar refractivity (Wildman–Crippen MR) is 27.6 cm³/mol. The van der Waals surface area contributed by atoms with E-state index >= 15 is 0 Å². The Bertz CT molecular complexity index is 132. The van der Waals surface area contributed by atoms with Crippen LogP contribution in [0.3, 0.4) is 0 Å². The van der Waals surface area contributed by atoms with E-state index in [-0.39, 0.29) is 0 Å². The Labute approximate surface area is 46.7 Å². The van der Waals surface area contributed by atoms with Gasteiger partial charge in [-0.15, -0.1) is 0 Å². The molecule has 0 bridgehead atoms. The minimum absolute atomic E-state index is 0.396. The third kappa shape index (κ3) is 0.776. The smallest absolute Gasteiger partial charge is 0.304 e. The van der Waals surface area contributed by atoms with Crippen molar-refractivity contribution in [2.45, 2.75) is 0 Å². The molecule has 1 aliphatic rings. The summed E-state index contributed by atoms with van der Waals surface area (Å²) in [6.07, 6.45) is 1.13. The molecular formula is C4H6N2O2. The topological polar surface area (TPSA) is 41.9 Å². The Morgan fingerprint density at radius 3 is 3.12 bits per heavy atom. The monoisotopic (exact) mass is 114 g/mol. The van der Waals surface area contributed by atoms with Crippen LogP contribution < -0.4 is 0 Å². The maximum atomic E-state index is 10.4. The Kier molecular flexibility index (Phi) is 1.15. The van der Waals surface area contributed by atoms with Crippen molar-refractivity contribution in [3.8, 4) is 0 Å². The lowest BCUT2D eigenvalue weighted by Gasteiger charge is -2.14. The molecule has 1 heterocycles. The predicted octanol–water partition coefficient (Wildman–Crippen LogP) is 0.0542. The molecule has 0 unspecified atom stereocenters. The van der Waals surface area contributed by atoms with Gasteiger partial charge in [-0.3, -0.25) is 4.84 Å². The van der Waals surface area contributed by atoms with Gasteiger partial charge < -0.3 is 4.90 Å². The Balaban J connectivity index is 2.57. The highest BCUT2D eigenvalue weighted by Gasteiger charge is 2.10. The van der Waals surface area contributed by atoms with Crippen LogP contribution in [0.2, 0.25) is 0 Å². The molecule has 0 saturated heterocycles. The van der Waals surface area contributed by atoms with E-state index in [4.69, 9.17) is 0 Å². The minimum atomic E-state index is -0.396. The second-order valence-electron chi connectivity index (χ2n) is 1.53. The Hall–Kier alpha value is -1.06. The molecular weight excluding hydrogens is 108 g/mol. The molecule has 1 amide bonds. The quantitative estimate of drug-likeness (QED) is 0.418. The number of carbonyl (C=O) groups excluding carboxylic acids is 1. The van der Waals surface area contributed by atoms with Crippen LogP contribution in [0, 0.1) is 0 Å². The summed E-state index contributed by atoms with van der Waals surface area (Å²) in [5.41, 5.74) is 0. The van der Waals surface area contributed by atoms with Crippen LogP contribution in [0.4, 0.5) is 4.79 Å². The number of hydrogen-bond acceptors (Lipinski definition) is 3. The molecule has 0 radical (unpaired) electrons. The van der Waals surface area contributed by atoms with Crippen LogP contribution in [-0.2, 0) is 4.84 Å². The van der Waals surface area contributed by atoms with E-state index in [1.54, 1.807) is 7.05 Å². The largest absolute Gasteiger partial charge is 0.436 e. The molecule has 1 aliphatic heterocycles. The van der Waals surface area contributed by atoms with Gasteiger partial charge in [0.2, 0.25) is 0 Å². The first kappa shape index (κ1) is 5.08. The maximum absolute atomic E-state index is 10.4. The highest BCUT2D eigenvalue weighted by molar-refractivity contribution is 5.75. The summed E-state index contributed by atoms with van der Waals surface area (Å²) in [5.74, 6) is 0. The van der Waals surface area contributed by atoms with Gasteiger partial charge in [0.1, 0.15) is 0 Å². The van der Waals surface area contributed by atoms with Gasteiger partial charge in [-0.1, -0.05) is 5.16 Å². The SMILES string of the molecule is CN1CC=NOC1=O. The van der Waals surface area contributed by atoms with Crippen LogP contribution in [0.5, 0.6) is 0 Å². The van der Waals surface area contributed by atoms with Gasteiger partial charge in [0.25, 0.3) is 0 Å². The lowest BCUT2D eigenvalue weighted by molar-refractivity contribution is 0.112. The first-order valence-corrected chi connectivity index (χ1v) is 2.24. The Morgan fingerprint density at radius 1 is 2.00 bits per heavy atom. The van der Waals surface area contributed by atoms with Gasteiger partial charge in [-0.2, -0.15) is 0 Å². The zero-order chi connectivity index (χ0) is 5.98. The first-order valence-electron chi connectivity index (χ1n) is 2.24. The fourth-order valence-electron chi connectivity index (χ4n) is 0.382. The summed E-state index contributed by atoms with van der Waals surface area (Å²) in [5, 5.41) is 3.29. The molecule has 8 heavy (non-hydrogen) atoms. The lowest BCUT2D eigenvalue weighted by atomic mass is 10.6. The molecule has 44 valence electrons. The molecule has 0 aliphatic carbocycles. The molecule has 0 atom stereocenters. The van der Waals surface area contributed by atoms with Gasteiger partial charge >= 0.3 is 6.09 Å². The molecule has 0 aromatic rings. The van der Waals surface area contributed by atoms with Gasteiger partial charge in [-0.25, -0.2) is 4.79 Å². The third-order valence-corrected chi connectivity index (χ3v) is 0.873. The number of nitrogens with zero attached hydrogens (tertiary/aromatic N) is 2. The van der Waals surface area contributed by atoms with Crippen LogP contribution in [-0.4, -0.2) is 30.8 Å². The minimum Gasteiger partial charge on any atom is -0.304 e. The Morgan fingerprint density at radius 2 is 2.75 bits per heavy atom. The van der Waals surface area contributed by atoms with Gasteiger partial charge in [0.05, 0.1) is 12.8 Å². The average molecular weight is 114 g/mol. The molecule has 0 spiro atoms. The van der Waals surface area contributed by atoms with E-state index in [0.717, 1.165) is 0 Å². The van der Waals surface area contributed by atoms with Gasteiger partial charge in [0, 0.05) is 7.05 Å². The number of amides is 1. The number of hydrogen-bond donors (Lipinski definition) is 0. The molecule has 4 nitrogen and oxygen atoms in total. The van der Waals surface area contributed by atoms with Crippen molar-refractivity contribution in [3.63, 3.8) is 0 Å². The van der Waals surface area contributed by atoms with Gasteiger partial charge in [0.15, 0.2) is 0 Å². The zero-order valence-corrected chi connectivity index (χ0v) is 4.50. The molecule has 1 rings (SSSR count). The van der Waals surface area contributed by atoms with Crippen LogP contribution in [0.15, 0.2) is 5.16 Å². The average Bonchev–Trinajstić information content (AvgIpc) is 1.77. The highest BCUT2D eigenvalue weighted by Crippen LogP contribution is 1.92. The lowest BCUT2D eigenvalue weighted by Crippen LogP contribution is -2.31. The summed E-state index contributed by atoms with van der Waals surface area (Å²) >= 11 is 0. The summed E-state index contributed by atoms with van der Waals surface area (Å²) in [7, 11) is 1.65. The highest BCUT2D eigenvalue weighted by atomic mass is 16.7. The zero-order valence-electron chi connectivity index (χ0n) is 4.50. The standard InChI is InChI=1S/C4H6N2O2/c1-6-3-2-5-8-4(6)7/h2H,3H2,1H3. The van der Waals surface area contributed by atoms with E-state index in [1.165, 1.54) is 11.1 Å². The van der Waals surface area contributed by atoms with Crippen LogP contribution >= 0.6 is 0 Å². The summed E-state index contributed by atoms with van der Waals surface area (Å²) in [6.45, 7) is 0.541. The molecule has 0 aromatic carbocycles. The van der Waals surface area contributed by atoms with E-state index in [1.807, 2.05) is 0 Å². The number of oxime groups is 1. The van der Waals surface area contributed by atoms with E-state index in [9.17, 15) is 4.79 Å². The van der Waals surface area contributed by atoms with E-state index in [2.05, 4.69) is 9.99 Å². The van der Waals surface area contributed by atoms with Crippen molar-refractivity contribution in [2.75, 3.05) is 13.6 Å². The molecule has 4 heteroatoms. The van der Waals surface area contributed by atoms with Gasteiger partial charge in [-0.05, 0) is 0 Å². The normalized spacial score (nSPS) is 18.6. The number of rotatable bonds is 0.